The van der Waals surface area contributed by atoms with Crippen molar-refractivity contribution in [3.05, 3.63) is 10.4 Å². The van der Waals surface area contributed by atoms with Gasteiger partial charge in [-0.2, -0.15) is 13.2 Å². The van der Waals surface area contributed by atoms with Gasteiger partial charge in [-0.3, -0.25) is 4.79 Å². The average molecular weight is 320 g/mol. The SMILES string of the molecule is CC(C)C(=O)c1sc(N(C)CC(F)(F)F)c(C2CC2)c1N. The van der Waals surface area contributed by atoms with Crippen molar-refractivity contribution in [3.8, 4) is 0 Å². The summed E-state index contributed by atoms with van der Waals surface area (Å²) in [4.78, 5) is 13.7. The molecule has 0 amide bonds. The second-order valence-corrected chi connectivity index (χ2v) is 6.83. The van der Waals surface area contributed by atoms with Gasteiger partial charge in [0.25, 0.3) is 0 Å². The molecule has 1 saturated carbocycles. The molecular formula is C14H19F3N2OS. The van der Waals surface area contributed by atoms with Gasteiger partial charge in [0.1, 0.15) is 6.54 Å². The zero-order valence-corrected chi connectivity index (χ0v) is 13.1. The summed E-state index contributed by atoms with van der Waals surface area (Å²) in [5, 5.41) is 0.483. The third kappa shape index (κ3) is 3.51. The Morgan fingerprint density at radius 3 is 2.43 bits per heavy atom. The summed E-state index contributed by atoms with van der Waals surface area (Å²) in [5.41, 5.74) is 7.18. The highest BCUT2D eigenvalue weighted by Crippen LogP contribution is 2.52. The van der Waals surface area contributed by atoms with E-state index in [0.29, 0.717) is 15.6 Å². The smallest absolute Gasteiger partial charge is 0.397 e. The minimum Gasteiger partial charge on any atom is -0.397 e. The highest BCUT2D eigenvalue weighted by atomic mass is 32.1. The van der Waals surface area contributed by atoms with Crippen molar-refractivity contribution < 1.29 is 18.0 Å². The second kappa shape index (κ2) is 5.51. The van der Waals surface area contributed by atoms with Crippen LogP contribution >= 0.6 is 11.3 Å². The molecule has 1 aromatic heterocycles. The Labute approximate surface area is 125 Å². The van der Waals surface area contributed by atoms with E-state index in [1.165, 1.54) is 7.05 Å². The number of anilines is 2. The standard InChI is InChI=1S/C14H19F3N2OS/c1-7(2)11(20)12-10(18)9(8-4-5-8)13(21-12)19(3)6-14(15,16)17/h7-8H,4-6,18H2,1-3H3. The molecule has 2 rings (SSSR count). The molecule has 0 atom stereocenters. The van der Waals surface area contributed by atoms with Crippen molar-refractivity contribution in [2.24, 2.45) is 5.92 Å². The molecule has 1 fully saturated rings. The molecule has 1 aromatic rings. The predicted molar refractivity (Wildman–Crippen MR) is 79.2 cm³/mol. The highest BCUT2D eigenvalue weighted by Gasteiger charge is 2.37. The Balaban J connectivity index is 2.40. The predicted octanol–water partition coefficient (Wildman–Crippen LogP) is 4.04. The van der Waals surface area contributed by atoms with E-state index in [0.717, 1.165) is 34.6 Å². The van der Waals surface area contributed by atoms with Crippen molar-refractivity contribution in [2.75, 3.05) is 24.2 Å². The van der Waals surface area contributed by atoms with Gasteiger partial charge in [0, 0.05) is 18.5 Å². The molecule has 0 bridgehead atoms. The lowest BCUT2D eigenvalue weighted by Gasteiger charge is -2.20. The van der Waals surface area contributed by atoms with Crippen LogP contribution < -0.4 is 10.6 Å². The van der Waals surface area contributed by atoms with E-state index in [-0.39, 0.29) is 17.6 Å². The number of thiophene rings is 1. The third-order valence-electron chi connectivity index (χ3n) is 3.46. The van der Waals surface area contributed by atoms with E-state index in [9.17, 15) is 18.0 Å². The summed E-state index contributed by atoms with van der Waals surface area (Å²) >= 11 is 1.09. The molecule has 0 aromatic carbocycles. The second-order valence-electron chi connectivity index (χ2n) is 5.83. The summed E-state index contributed by atoms with van der Waals surface area (Å²) < 4.78 is 37.8. The van der Waals surface area contributed by atoms with E-state index in [1.807, 2.05) is 0 Å². The number of nitrogens with two attached hydrogens (primary N) is 1. The number of nitrogens with zero attached hydrogens (tertiary/aromatic N) is 1. The molecule has 7 heteroatoms. The van der Waals surface area contributed by atoms with Crippen LogP contribution in [0.4, 0.5) is 23.9 Å². The third-order valence-corrected chi connectivity index (χ3v) is 4.81. The lowest BCUT2D eigenvalue weighted by atomic mass is 10.0. The number of Topliss-reactive ketones (excluding diaryl/α,β-unsaturated/α-hetero) is 1. The van der Waals surface area contributed by atoms with Crippen molar-refractivity contribution in [1.29, 1.82) is 0 Å². The Bertz CT molecular complexity index is 547. The summed E-state index contributed by atoms with van der Waals surface area (Å²) in [6.45, 7) is 2.48. The number of halogens is 3. The van der Waals surface area contributed by atoms with E-state index in [4.69, 9.17) is 5.73 Å². The molecule has 1 aliphatic carbocycles. The first-order chi connectivity index (χ1) is 9.61. The van der Waals surface area contributed by atoms with E-state index >= 15 is 0 Å². The quantitative estimate of drug-likeness (QED) is 0.833. The van der Waals surface area contributed by atoms with Gasteiger partial charge in [0.15, 0.2) is 5.78 Å². The van der Waals surface area contributed by atoms with E-state index in [1.54, 1.807) is 13.8 Å². The number of alkyl halides is 3. The van der Waals surface area contributed by atoms with Gasteiger partial charge in [0.2, 0.25) is 0 Å². The first kappa shape index (κ1) is 16.1. The number of rotatable bonds is 5. The molecular weight excluding hydrogens is 301 g/mol. The maximum absolute atomic E-state index is 12.6. The van der Waals surface area contributed by atoms with Crippen LogP contribution in [0.2, 0.25) is 0 Å². The largest absolute Gasteiger partial charge is 0.405 e. The van der Waals surface area contributed by atoms with Gasteiger partial charge < -0.3 is 10.6 Å². The van der Waals surface area contributed by atoms with Gasteiger partial charge in [-0.05, 0) is 18.8 Å². The zero-order valence-electron chi connectivity index (χ0n) is 12.3. The van der Waals surface area contributed by atoms with Gasteiger partial charge in [-0.15, -0.1) is 11.3 Å². The van der Waals surface area contributed by atoms with Crippen LogP contribution in [0.3, 0.4) is 0 Å². The highest BCUT2D eigenvalue weighted by molar-refractivity contribution is 7.19. The van der Waals surface area contributed by atoms with Crippen LogP contribution in [0.25, 0.3) is 0 Å². The number of nitrogen functional groups attached to an aromatic ring is 1. The minimum atomic E-state index is -4.28. The zero-order chi connectivity index (χ0) is 15.9. The summed E-state index contributed by atoms with van der Waals surface area (Å²) in [5.74, 6) is -0.134. The van der Waals surface area contributed by atoms with Crippen LogP contribution in [-0.2, 0) is 0 Å². The van der Waals surface area contributed by atoms with Gasteiger partial charge >= 0.3 is 6.18 Å². The van der Waals surface area contributed by atoms with Crippen LogP contribution in [0.5, 0.6) is 0 Å². The van der Waals surface area contributed by atoms with Crippen molar-refractivity contribution >= 4 is 27.8 Å². The summed E-state index contributed by atoms with van der Waals surface area (Å²) in [6.07, 6.45) is -2.44. The number of ketones is 1. The first-order valence-electron chi connectivity index (χ1n) is 6.86. The molecule has 21 heavy (non-hydrogen) atoms. The Morgan fingerprint density at radius 1 is 1.43 bits per heavy atom. The van der Waals surface area contributed by atoms with Crippen molar-refractivity contribution in [3.63, 3.8) is 0 Å². The maximum Gasteiger partial charge on any atom is 0.405 e. The molecule has 0 aliphatic heterocycles. The molecule has 1 aliphatic rings. The van der Waals surface area contributed by atoms with Crippen molar-refractivity contribution in [1.82, 2.24) is 0 Å². The number of carbonyl (C=O) groups is 1. The molecule has 0 radical (unpaired) electrons. The first-order valence-corrected chi connectivity index (χ1v) is 7.67. The molecule has 1 heterocycles. The molecule has 2 N–H and O–H groups in total. The molecule has 118 valence electrons. The van der Waals surface area contributed by atoms with Crippen LogP contribution in [0, 0.1) is 5.92 Å². The molecule has 0 saturated heterocycles. The Morgan fingerprint density at radius 2 is 2.00 bits per heavy atom. The Kier molecular flexibility index (Phi) is 4.24. The fourth-order valence-electron chi connectivity index (χ4n) is 2.28. The van der Waals surface area contributed by atoms with Crippen LogP contribution in [-0.4, -0.2) is 25.6 Å². The van der Waals surface area contributed by atoms with Crippen LogP contribution in [0.1, 0.15) is 47.8 Å². The van der Waals surface area contributed by atoms with E-state index in [2.05, 4.69) is 0 Å². The van der Waals surface area contributed by atoms with Gasteiger partial charge in [0.05, 0.1) is 15.6 Å². The maximum atomic E-state index is 12.6. The number of hydrogen-bond acceptors (Lipinski definition) is 4. The van der Waals surface area contributed by atoms with Crippen molar-refractivity contribution in [2.45, 2.75) is 38.8 Å². The van der Waals surface area contributed by atoms with Gasteiger partial charge in [-0.1, -0.05) is 13.8 Å². The minimum absolute atomic E-state index is 0.106. The topological polar surface area (TPSA) is 46.3 Å². The molecule has 0 spiro atoms. The summed E-state index contributed by atoms with van der Waals surface area (Å²) in [7, 11) is 1.40. The van der Waals surface area contributed by atoms with Gasteiger partial charge in [-0.25, -0.2) is 0 Å². The Hall–Kier alpha value is -1.24. The summed E-state index contributed by atoms with van der Waals surface area (Å²) in [6, 6.07) is 0. The lowest BCUT2D eigenvalue weighted by Crippen LogP contribution is -2.30. The number of carbonyl (C=O) groups excluding carboxylic acids is 1. The average Bonchev–Trinajstić information content (AvgIpc) is 3.10. The van der Waals surface area contributed by atoms with Crippen LogP contribution in [0.15, 0.2) is 0 Å². The number of hydrogen-bond donors (Lipinski definition) is 1. The normalized spacial score (nSPS) is 15.6. The molecule has 0 unspecified atom stereocenters. The lowest BCUT2D eigenvalue weighted by molar-refractivity contribution is -0.119. The fourth-order valence-corrected chi connectivity index (χ4v) is 3.64. The fraction of sp³-hybridized carbons (Fsp3) is 0.643. The molecule has 3 nitrogen and oxygen atoms in total. The van der Waals surface area contributed by atoms with E-state index < -0.39 is 12.7 Å². The monoisotopic (exact) mass is 320 g/mol.